The van der Waals surface area contributed by atoms with Crippen LogP contribution in [0.2, 0.25) is 0 Å². The van der Waals surface area contributed by atoms with Crippen molar-refractivity contribution in [3.8, 4) is 5.69 Å². The van der Waals surface area contributed by atoms with E-state index in [9.17, 15) is 14.4 Å². The van der Waals surface area contributed by atoms with Crippen LogP contribution in [-0.2, 0) is 0 Å². The molecule has 0 spiro atoms. The van der Waals surface area contributed by atoms with Gasteiger partial charge in [-0.1, -0.05) is 22.0 Å². The first kappa shape index (κ1) is 12.3. The van der Waals surface area contributed by atoms with Crippen LogP contribution in [0.4, 0.5) is 0 Å². The van der Waals surface area contributed by atoms with Crippen molar-refractivity contribution in [3.63, 3.8) is 0 Å². The highest BCUT2D eigenvalue weighted by Crippen LogP contribution is 2.13. The first-order valence-corrected chi connectivity index (χ1v) is 5.63. The first-order chi connectivity index (χ1) is 8.49. The lowest BCUT2D eigenvalue weighted by atomic mass is 10.3. The minimum absolute atomic E-state index is 0.452. The molecule has 92 valence electrons. The Hall–Kier alpha value is -2.15. The van der Waals surface area contributed by atoms with Gasteiger partial charge in [-0.3, -0.25) is 14.3 Å². The molecular weight excluding hydrogens is 304 g/mol. The molecular formula is C11H7BrN2O4. The van der Waals surface area contributed by atoms with Crippen LogP contribution in [0, 0.1) is 0 Å². The van der Waals surface area contributed by atoms with Crippen LogP contribution in [0.5, 0.6) is 0 Å². The van der Waals surface area contributed by atoms with Gasteiger partial charge in [0.05, 0.1) is 5.69 Å². The van der Waals surface area contributed by atoms with Crippen molar-refractivity contribution >= 4 is 21.9 Å². The maximum Gasteiger partial charge on any atom is 0.342 e. The lowest BCUT2D eigenvalue weighted by Gasteiger charge is -2.06. The Balaban J connectivity index is 2.72. The van der Waals surface area contributed by atoms with Gasteiger partial charge in [0.25, 0.3) is 5.56 Å². The highest BCUT2D eigenvalue weighted by molar-refractivity contribution is 9.10. The molecule has 0 bridgehead atoms. The number of carboxylic acid groups (broad SMARTS) is 1. The van der Waals surface area contributed by atoms with Crippen LogP contribution in [0.3, 0.4) is 0 Å². The zero-order valence-electron chi connectivity index (χ0n) is 8.88. The Morgan fingerprint density at radius 1 is 1.33 bits per heavy atom. The molecule has 0 atom stereocenters. The fourth-order valence-corrected chi connectivity index (χ4v) is 1.83. The van der Waals surface area contributed by atoms with Crippen molar-refractivity contribution < 1.29 is 9.90 Å². The van der Waals surface area contributed by atoms with Crippen molar-refractivity contribution in [1.82, 2.24) is 9.55 Å². The predicted octanol–water partition coefficient (Wildman–Crippen LogP) is 0.986. The number of carbonyl (C=O) groups is 1. The minimum Gasteiger partial charge on any atom is -0.477 e. The Labute approximate surface area is 109 Å². The van der Waals surface area contributed by atoms with E-state index in [0.29, 0.717) is 5.69 Å². The second-order valence-corrected chi connectivity index (χ2v) is 4.37. The third-order valence-electron chi connectivity index (χ3n) is 2.26. The van der Waals surface area contributed by atoms with Crippen LogP contribution in [-0.4, -0.2) is 20.6 Å². The van der Waals surface area contributed by atoms with Gasteiger partial charge in [0.15, 0.2) is 0 Å². The van der Waals surface area contributed by atoms with E-state index < -0.39 is 22.8 Å². The highest BCUT2D eigenvalue weighted by Gasteiger charge is 2.12. The average molecular weight is 311 g/mol. The molecule has 1 heterocycles. The molecule has 0 aliphatic rings. The number of benzene rings is 1. The highest BCUT2D eigenvalue weighted by atomic mass is 79.9. The molecule has 0 radical (unpaired) electrons. The van der Waals surface area contributed by atoms with Crippen molar-refractivity contribution in [1.29, 1.82) is 0 Å². The fraction of sp³-hybridized carbons (Fsp3) is 0. The topological polar surface area (TPSA) is 92.2 Å². The summed E-state index contributed by atoms with van der Waals surface area (Å²) < 4.78 is 1.80. The second-order valence-electron chi connectivity index (χ2n) is 3.46. The first-order valence-electron chi connectivity index (χ1n) is 4.84. The number of nitrogens with zero attached hydrogens (tertiary/aromatic N) is 1. The van der Waals surface area contributed by atoms with Crippen molar-refractivity contribution in [2.75, 3.05) is 0 Å². The van der Waals surface area contributed by atoms with Gasteiger partial charge >= 0.3 is 11.7 Å². The van der Waals surface area contributed by atoms with E-state index >= 15 is 0 Å². The van der Waals surface area contributed by atoms with Gasteiger partial charge in [0.2, 0.25) is 0 Å². The molecule has 6 nitrogen and oxygen atoms in total. The van der Waals surface area contributed by atoms with Crippen LogP contribution in [0.25, 0.3) is 5.69 Å². The average Bonchev–Trinajstić information content (AvgIpc) is 2.28. The number of hydrogen-bond donors (Lipinski definition) is 2. The molecule has 0 fully saturated rings. The smallest absolute Gasteiger partial charge is 0.342 e. The third kappa shape index (κ3) is 2.25. The van der Waals surface area contributed by atoms with Crippen molar-refractivity contribution in [2.24, 2.45) is 0 Å². The molecule has 2 N–H and O–H groups in total. The lowest BCUT2D eigenvalue weighted by molar-refractivity contribution is 0.0694. The number of nitrogens with one attached hydrogen (secondary N) is 1. The van der Waals surface area contributed by atoms with E-state index in [1.807, 2.05) is 4.98 Å². The maximum atomic E-state index is 11.6. The van der Waals surface area contributed by atoms with E-state index in [2.05, 4.69) is 15.9 Å². The standard InChI is InChI=1S/C11H7BrN2O4/c12-6-2-1-3-7(4-6)14-5-8(10(16)17)9(15)13-11(14)18/h1-5H,(H,16,17)(H,13,15,18). The zero-order valence-corrected chi connectivity index (χ0v) is 10.5. The number of carboxylic acids is 1. The summed E-state index contributed by atoms with van der Waals surface area (Å²) in [5, 5.41) is 8.84. The van der Waals surface area contributed by atoms with Gasteiger partial charge < -0.3 is 5.11 Å². The summed E-state index contributed by atoms with van der Waals surface area (Å²) in [4.78, 5) is 35.7. The van der Waals surface area contributed by atoms with Crippen LogP contribution < -0.4 is 11.2 Å². The molecule has 1 aromatic heterocycles. The molecule has 7 heteroatoms. The van der Waals surface area contributed by atoms with Gasteiger partial charge in [-0.25, -0.2) is 9.59 Å². The van der Waals surface area contributed by atoms with Crippen molar-refractivity contribution in [3.05, 3.63) is 61.3 Å². The molecule has 2 aromatic rings. The summed E-state index contributed by atoms with van der Waals surface area (Å²) in [6.07, 6.45) is 1.01. The van der Waals surface area contributed by atoms with Crippen LogP contribution in [0.1, 0.15) is 10.4 Å². The summed E-state index contributed by atoms with van der Waals surface area (Å²) in [5.74, 6) is -1.39. The minimum atomic E-state index is -1.39. The van der Waals surface area contributed by atoms with Gasteiger partial charge in [0, 0.05) is 10.7 Å². The van der Waals surface area contributed by atoms with Gasteiger partial charge in [-0.15, -0.1) is 0 Å². The van der Waals surface area contributed by atoms with Gasteiger partial charge in [-0.05, 0) is 18.2 Å². The summed E-state index contributed by atoms with van der Waals surface area (Å²) in [7, 11) is 0. The molecule has 0 aliphatic carbocycles. The van der Waals surface area contributed by atoms with E-state index in [-0.39, 0.29) is 0 Å². The summed E-state index contributed by atoms with van der Waals surface area (Å²) >= 11 is 3.24. The molecule has 0 saturated carbocycles. The number of aromatic carboxylic acids is 1. The van der Waals surface area contributed by atoms with Gasteiger partial charge in [0.1, 0.15) is 5.56 Å². The molecule has 0 amide bonds. The molecule has 2 rings (SSSR count). The van der Waals surface area contributed by atoms with E-state index in [4.69, 9.17) is 5.11 Å². The molecule has 0 aliphatic heterocycles. The Kier molecular flexibility index (Phi) is 3.15. The maximum absolute atomic E-state index is 11.6. The van der Waals surface area contributed by atoms with Crippen LogP contribution in [0.15, 0.2) is 44.5 Å². The van der Waals surface area contributed by atoms with Crippen LogP contribution >= 0.6 is 15.9 Å². The number of aromatic nitrogens is 2. The number of rotatable bonds is 2. The number of aromatic amines is 1. The fourth-order valence-electron chi connectivity index (χ4n) is 1.44. The second kappa shape index (κ2) is 4.61. The van der Waals surface area contributed by atoms with E-state index in [0.717, 1.165) is 15.2 Å². The molecule has 1 aromatic carbocycles. The molecule has 18 heavy (non-hydrogen) atoms. The van der Waals surface area contributed by atoms with Gasteiger partial charge in [-0.2, -0.15) is 0 Å². The Morgan fingerprint density at radius 2 is 2.06 bits per heavy atom. The zero-order chi connectivity index (χ0) is 13.3. The quantitative estimate of drug-likeness (QED) is 0.865. The number of hydrogen-bond acceptors (Lipinski definition) is 3. The molecule has 0 unspecified atom stereocenters. The SMILES string of the molecule is O=C(O)c1cn(-c2cccc(Br)c2)c(=O)[nH]c1=O. The van der Waals surface area contributed by atoms with Crippen molar-refractivity contribution in [2.45, 2.75) is 0 Å². The van der Waals surface area contributed by atoms with E-state index in [1.54, 1.807) is 24.3 Å². The Bertz CT molecular complexity index is 732. The number of H-pyrrole nitrogens is 1. The van der Waals surface area contributed by atoms with E-state index in [1.165, 1.54) is 0 Å². The summed E-state index contributed by atoms with van der Waals surface area (Å²) in [5.41, 5.74) is -1.65. The lowest BCUT2D eigenvalue weighted by Crippen LogP contribution is -2.32. The largest absolute Gasteiger partial charge is 0.477 e. The Morgan fingerprint density at radius 3 is 2.67 bits per heavy atom. The predicted molar refractivity (Wildman–Crippen MR) is 67.3 cm³/mol. The monoisotopic (exact) mass is 310 g/mol. The number of halogens is 1. The molecule has 0 saturated heterocycles. The summed E-state index contributed by atoms with van der Waals surface area (Å²) in [6.45, 7) is 0. The summed E-state index contributed by atoms with van der Waals surface area (Å²) in [6, 6.07) is 6.71. The third-order valence-corrected chi connectivity index (χ3v) is 2.75. The normalized spacial score (nSPS) is 10.3.